The van der Waals surface area contributed by atoms with Gasteiger partial charge in [-0.25, -0.2) is 9.29 Å². The van der Waals surface area contributed by atoms with Crippen LogP contribution in [-0.4, -0.2) is 33.1 Å². The van der Waals surface area contributed by atoms with Crippen LogP contribution in [0, 0.1) is 5.82 Å². The summed E-state index contributed by atoms with van der Waals surface area (Å²) in [5.74, 6) is -0.243. The van der Waals surface area contributed by atoms with E-state index in [9.17, 15) is 14.0 Å². The molecule has 1 heterocycles. The van der Waals surface area contributed by atoms with Gasteiger partial charge in [-0.3, -0.25) is 9.59 Å². The van der Waals surface area contributed by atoms with Gasteiger partial charge < -0.3 is 19.5 Å². The highest BCUT2D eigenvalue weighted by molar-refractivity contribution is 6.46. The number of carbonyl (C=O) groups excluding carboxylic acids is 2. The maximum atomic E-state index is 13.6. The van der Waals surface area contributed by atoms with Crippen LogP contribution in [0.5, 0.6) is 17.2 Å². The minimum Gasteiger partial charge on any atom is -0.497 e. The van der Waals surface area contributed by atoms with E-state index in [4.69, 9.17) is 14.2 Å². The largest absolute Gasteiger partial charge is 0.497 e. The molecule has 1 N–H and O–H groups in total. The maximum absolute atomic E-state index is 13.6. The van der Waals surface area contributed by atoms with Crippen molar-refractivity contribution in [1.29, 1.82) is 0 Å². The molecule has 0 aromatic heterocycles. The van der Waals surface area contributed by atoms with Gasteiger partial charge in [0.25, 0.3) is 11.8 Å². The summed E-state index contributed by atoms with van der Waals surface area (Å²) < 4.78 is 29.6. The number of benzene rings is 3. The molecule has 0 bridgehead atoms. The molecule has 0 radical (unpaired) electrons. The quantitative estimate of drug-likeness (QED) is 0.545. The number of amides is 2. The number of nitrogens with one attached hydrogen (secondary N) is 1. The van der Waals surface area contributed by atoms with Crippen molar-refractivity contribution in [3.63, 3.8) is 0 Å². The third-order valence-corrected chi connectivity index (χ3v) is 5.21. The molecule has 0 spiro atoms. The SMILES string of the molecule is COc1ccc(OC)c(NC2=C(c3ccccc3OC)C(=O)N(c3ccc(F)cc3)C2=O)c1. The topological polar surface area (TPSA) is 77.1 Å². The number of carbonyl (C=O) groups is 2. The molecule has 1 aliphatic rings. The zero-order chi connectivity index (χ0) is 23.5. The molecular formula is C25H21FN2O5. The number of halogens is 1. The average Bonchev–Trinajstić information content (AvgIpc) is 3.08. The van der Waals surface area contributed by atoms with Gasteiger partial charge in [0.1, 0.15) is 28.8 Å². The molecule has 1 aliphatic heterocycles. The van der Waals surface area contributed by atoms with Gasteiger partial charge in [0.05, 0.1) is 38.3 Å². The van der Waals surface area contributed by atoms with Crippen LogP contribution in [0.4, 0.5) is 15.8 Å². The molecule has 0 atom stereocenters. The fourth-order valence-corrected chi connectivity index (χ4v) is 3.62. The Morgan fingerprint density at radius 3 is 2.15 bits per heavy atom. The summed E-state index contributed by atoms with van der Waals surface area (Å²) in [5, 5.41) is 3.06. The summed E-state index contributed by atoms with van der Waals surface area (Å²) in [7, 11) is 4.50. The van der Waals surface area contributed by atoms with E-state index >= 15 is 0 Å². The number of ether oxygens (including phenoxy) is 3. The van der Waals surface area contributed by atoms with Gasteiger partial charge in [-0.15, -0.1) is 0 Å². The zero-order valence-electron chi connectivity index (χ0n) is 18.2. The van der Waals surface area contributed by atoms with E-state index in [-0.39, 0.29) is 17.0 Å². The highest BCUT2D eigenvalue weighted by Crippen LogP contribution is 2.39. The van der Waals surface area contributed by atoms with Crippen LogP contribution in [-0.2, 0) is 9.59 Å². The zero-order valence-corrected chi connectivity index (χ0v) is 18.2. The summed E-state index contributed by atoms with van der Waals surface area (Å²) in [5.41, 5.74) is 1.26. The second-order valence-corrected chi connectivity index (χ2v) is 7.06. The number of methoxy groups -OCH3 is 3. The van der Waals surface area contributed by atoms with Gasteiger partial charge in [0.2, 0.25) is 0 Å². The Hall–Kier alpha value is -4.33. The highest BCUT2D eigenvalue weighted by Gasteiger charge is 2.41. The molecule has 8 heteroatoms. The van der Waals surface area contributed by atoms with Crippen molar-refractivity contribution < 1.29 is 28.2 Å². The van der Waals surface area contributed by atoms with Gasteiger partial charge in [-0.1, -0.05) is 18.2 Å². The molecule has 7 nitrogen and oxygen atoms in total. The number of rotatable bonds is 7. The molecule has 0 unspecified atom stereocenters. The summed E-state index contributed by atoms with van der Waals surface area (Å²) in [4.78, 5) is 28.1. The number of nitrogens with zero attached hydrogens (tertiary/aromatic N) is 1. The van der Waals surface area contributed by atoms with Crippen molar-refractivity contribution in [2.24, 2.45) is 0 Å². The lowest BCUT2D eigenvalue weighted by molar-refractivity contribution is -0.120. The van der Waals surface area contributed by atoms with Crippen LogP contribution < -0.4 is 24.4 Å². The minimum absolute atomic E-state index is 0.0281. The lowest BCUT2D eigenvalue weighted by atomic mass is 10.0. The van der Waals surface area contributed by atoms with Crippen LogP contribution in [0.15, 0.2) is 72.4 Å². The summed E-state index contributed by atoms with van der Waals surface area (Å²) in [6.07, 6.45) is 0. The molecule has 3 aromatic carbocycles. The molecule has 3 aromatic rings. The monoisotopic (exact) mass is 448 g/mol. The Balaban J connectivity index is 1.89. The number of hydrogen-bond donors (Lipinski definition) is 1. The Kier molecular flexibility index (Phi) is 5.99. The Labute approximate surface area is 190 Å². The predicted molar refractivity (Wildman–Crippen MR) is 122 cm³/mol. The van der Waals surface area contributed by atoms with Crippen LogP contribution in [0.1, 0.15) is 5.56 Å². The Bertz CT molecular complexity index is 1250. The normalized spacial score (nSPS) is 13.4. The molecule has 0 saturated heterocycles. The fourth-order valence-electron chi connectivity index (χ4n) is 3.62. The van der Waals surface area contributed by atoms with Gasteiger partial charge in [-0.2, -0.15) is 0 Å². The number of imide groups is 1. The molecule has 33 heavy (non-hydrogen) atoms. The molecule has 4 rings (SSSR count). The third kappa shape index (κ3) is 3.98. The van der Waals surface area contributed by atoms with Crippen molar-refractivity contribution in [3.8, 4) is 17.2 Å². The standard InChI is InChI=1S/C25H21FN2O5/c1-31-17-12-13-21(33-3)19(14-17)27-23-22(18-6-4-5-7-20(18)32-2)24(29)28(25(23)30)16-10-8-15(26)9-11-16/h4-14,27H,1-3H3. The third-order valence-electron chi connectivity index (χ3n) is 5.21. The maximum Gasteiger partial charge on any atom is 0.282 e. The van der Waals surface area contributed by atoms with Crippen molar-refractivity contribution in [3.05, 3.63) is 83.8 Å². The molecule has 0 fully saturated rings. The number of hydrogen-bond acceptors (Lipinski definition) is 6. The van der Waals surface area contributed by atoms with E-state index in [0.717, 1.165) is 4.90 Å². The average molecular weight is 448 g/mol. The van der Waals surface area contributed by atoms with E-state index in [2.05, 4.69) is 5.32 Å². The van der Waals surface area contributed by atoms with Gasteiger partial charge in [-0.05, 0) is 42.5 Å². The summed E-state index contributed by atoms with van der Waals surface area (Å²) in [6.45, 7) is 0. The van der Waals surface area contributed by atoms with Gasteiger partial charge >= 0.3 is 0 Å². The highest BCUT2D eigenvalue weighted by atomic mass is 19.1. The van der Waals surface area contributed by atoms with E-state index < -0.39 is 17.6 Å². The van der Waals surface area contributed by atoms with Gasteiger partial charge in [0.15, 0.2) is 0 Å². The molecule has 2 amide bonds. The number of para-hydroxylation sites is 1. The Morgan fingerprint density at radius 1 is 0.788 bits per heavy atom. The first-order chi connectivity index (χ1) is 16.0. The van der Waals surface area contributed by atoms with Crippen LogP contribution >= 0.6 is 0 Å². The minimum atomic E-state index is -0.600. The van der Waals surface area contributed by atoms with Crippen molar-refractivity contribution in [2.75, 3.05) is 31.5 Å². The van der Waals surface area contributed by atoms with Crippen LogP contribution in [0.25, 0.3) is 5.57 Å². The Morgan fingerprint density at radius 2 is 1.48 bits per heavy atom. The lowest BCUT2D eigenvalue weighted by Gasteiger charge is -2.16. The fraction of sp³-hybridized carbons (Fsp3) is 0.120. The second kappa shape index (κ2) is 9.04. The second-order valence-electron chi connectivity index (χ2n) is 7.06. The van der Waals surface area contributed by atoms with Crippen molar-refractivity contribution in [1.82, 2.24) is 0 Å². The first kappa shape index (κ1) is 21.9. The van der Waals surface area contributed by atoms with E-state index in [1.807, 2.05) is 0 Å². The predicted octanol–water partition coefficient (Wildman–Crippen LogP) is 4.25. The molecule has 0 saturated carbocycles. The number of anilines is 2. The van der Waals surface area contributed by atoms with E-state index in [1.165, 1.54) is 45.6 Å². The van der Waals surface area contributed by atoms with Crippen LogP contribution in [0.3, 0.4) is 0 Å². The van der Waals surface area contributed by atoms with Gasteiger partial charge in [0, 0.05) is 11.6 Å². The van der Waals surface area contributed by atoms with E-state index in [0.29, 0.717) is 28.5 Å². The summed E-state index contributed by atoms with van der Waals surface area (Å²) >= 11 is 0. The van der Waals surface area contributed by atoms with Crippen molar-refractivity contribution >= 4 is 28.8 Å². The van der Waals surface area contributed by atoms with Crippen molar-refractivity contribution in [2.45, 2.75) is 0 Å². The smallest absolute Gasteiger partial charge is 0.282 e. The molecule has 168 valence electrons. The molecule has 0 aliphatic carbocycles. The molecular weight excluding hydrogens is 427 g/mol. The van der Waals surface area contributed by atoms with E-state index in [1.54, 1.807) is 42.5 Å². The van der Waals surface area contributed by atoms with Crippen LogP contribution in [0.2, 0.25) is 0 Å². The first-order valence-corrected chi connectivity index (χ1v) is 9.99. The summed E-state index contributed by atoms with van der Waals surface area (Å²) in [6, 6.07) is 17.1. The lowest BCUT2D eigenvalue weighted by Crippen LogP contribution is -2.32. The first-order valence-electron chi connectivity index (χ1n) is 9.99.